The Morgan fingerprint density at radius 2 is 2.00 bits per heavy atom. The lowest BCUT2D eigenvalue weighted by atomic mass is 10.2. The number of hydrogen-bond acceptors (Lipinski definition) is 3. The molecule has 138 valence electrons. The second-order valence-corrected chi connectivity index (χ2v) is 5.88. The highest BCUT2D eigenvalue weighted by molar-refractivity contribution is 14.0. The number of aliphatic imine (C=N–C) groups is 1. The number of nitrogens with zero attached hydrogens (tertiary/aromatic N) is 4. The SMILES string of the molecule is CN=C(NCc1coc(-c2ccccc2)n1)N(C)Cc1cccn1C.I. The van der Waals surface area contributed by atoms with Crippen LogP contribution in [0, 0.1) is 0 Å². The number of hydrogen-bond donors (Lipinski definition) is 1. The number of halogens is 1. The first-order chi connectivity index (χ1) is 12.2. The minimum absolute atomic E-state index is 0. The van der Waals surface area contributed by atoms with E-state index >= 15 is 0 Å². The molecule has 0 radical (unpaired) electrons. The molecule has 3 aromatic rings. The van der Waals surface area contributed by atoms with Gasteiger partial charge in [0.15, 0.2) is 5.96 Å². The van der Waals surface area contributed by atoms with Crippen molar-refractivity contribution in [2.24, 2.45) is 12.0 Å². The Labute approximate surface area is 171 Å². The van der Waals surface area contributed by atoms with Crippen LogP contribution in [-0.2, 0) is 20.1 Å². The van der Waals surface area contributed by atoms with Gasteiger partial charge < -0.3 is 19.2 Å². The highest BCUT2D eigenvalue weighted by Crippen LogP contribution is 2.17. The van der Waals surface area contributed by atoms with Crippen LogP contribution in [0.2, 0.25) is 0 Å². The highest BCUT2D eigenvalue weighted by Gasteiger charge is 2.10. The minimum atomic E-state index is 0. The normalized spacial score (nSPS) is 11.1. The number of benzene rings is 1. The quantitative estimate of drug-likeness (QED) is 0.356. The molecule has 0 fully saturated rings. The Balaban J connectivity index is 0.00000243. The zero-order chi connectivity index (χ0) is 17.6. The van der Waals surface area contributed by atoms with E-state index in [1.165, 1.54) is 5.69 Å². The maximum atomic E-state index is 5.57. The van der Waals surface area contributed by atoms with Crippen LogP contribution in [0.5, 0.6) is 0 Å². The summed E-state index contributed by atoms with van der Waals surface area (Å²) >= 11 is 0. The topological polar surface area (TPSA) is 58.6 Å². The molecule has 0 aliphatic rings. The molecule has 0 aliphatic heterocycles. The molecule has 0 saturated heterocycles. The molecule has 1 aromatic carbocycles. The second-order valence-electron chi connectivity index (χ2n) is 5.88. The predicted molar refractivity (Wildman–Crippen MR) is 114 cm³/mol. The minimum Gasteiger partial charge on any atom is -0.444 e. The van der Waals surface area contributed by atoms with Gasteiger partial charge in [-0.1, -0.05) is 18.2 Å². The molecule has 3 rings (SSSR count). The van der Waals surface area contributed by atoms with E-state index in [9.17, 15) is 0 Å². The van der Waals surface area contributed by atoms with Crippen molar-refractivity contribution in [1.29, 1.82) is 0 Å². The zero-order valence-corrected chi connectivity index (χ0v) is 17.5. The molecule has 0 unspecified atom stereocenters. The number of nitrogens with one attached hydrogen (secondary N) is 1. The average molecular weight is 465 g/mol. The zero-order valence-electron chi connectivity index (χ0n) is 15.2. The van der Waals surface area contributed by atoms with E-state index in [0.717, 1.165) is 23.8 Å². The third-order valence-electron chi connectivity index (χ3n) is 4.02. The average Bonchev–Trinajstić information content (AvgIpc) is 3.26. The van der Waals surface area contributed by atoms with Gasteiger partial charge in [0.2, 0.25) is 5.89 Å². The van der Waals surface area contributed by atoms with E-state index < -0.39 is 0 Å². The summed E-state index contributed by atoms with van der Waals surface area (Å²) in [5, 5.41) is 3.33. The van der Waals surface area contributed by atoms with E-state index in [0.29, 0.717) is 12.4 Å². The molecule has 0 atom stereocenters. The van der Waals surface area contributed by atoms with Gasteiger partial charge in [0.05, 0.1) is 18.8 Å². The lowest BCUT2D eigenvalue weighted by Gasteiger charge is -2.22. The fourth-order valence-corrected chi connectivity index (χ4v) is 2.63. The van der Waals surface area contributed by atoms with Crippen molar-refractivity contribution in [3.8, 4) is 11.5 Å². The van der Waals surface area contributed by atoms with Crippen LogP contribution >= 0.6 is 24.0 Å². The molecule has 6 nitrogen and oxygen atoms in total. The molecular weight excluding hydrogens is 441 g/mol. The van der Waals surface area contributed by atoms with Gasteiger partial charge in [-0.2, -0.15) is 0 Å². The van der Waals surface area contributed by atoms with Gasteiger partial charge in [-0.05, 0) is 24.3 Å². The van der Waals surface area contributed by atoms with Gasteiger partial charge in [0.1, 0.15) is 6.26 Å². The van der Waals surface area contributed by atoms with Crippen molar-refractivity contribution in [2.75, 3.05) is 14.1 Å². The summed E-state index contributed by atoms with van der Waals surface area (Å²) in [4.78, 5) is 10.9. The molecular formula is C19H24IN5O. The van der Waals surface area contributed by atoms with Crippen LogP contribution in [0.3, 0.4) is 0 Å². The fourth-order valence-electron chi connectivity index (χ4n) is 2.63. The van der Waals surface area contributed by atoms with Crippen molar-refractivity contribution >= 4 is 29.9 Å². The van der Waals surface area contributed by atoms with E-state index in [2.05, 4.69) is 30.8 Å². The standard InChI is InChI=1S/C19H23N5O.HI/c1-20-19(24(3)13-17-10-7-11-23(17)2)21-12-16-14-25-18(22-16)15-8-5-4-6-9-15;/h4-11,14H,12-13H2,1-3H3,(H,20,21);1H. The highest BCUT2D eigenvalue weighted by atomic mass is 127. The van der Waals surface area contributed by atoms with Crippen molar-refractivity contribution in [3.63, 3.8) is 0 Å². The number of aromatic nitrogens is 2. The lowest BCUT2D eigenvalue weighted by molar-refractivity contribution is 0.461. The summed E-state index contributed by atoms with van der Waals surface area (Å²) in [6.45, 7) is 1.33. The third-order valence-corrected chi connectivity index (χ3v) is 4.02. The number of rotatable bonds is 5. The van der Waals surface area contributed by atoms with E-state index in [1.807, 2.05) is 56.7 Å². The first-order valence-electron chi connectivity index (χ1n) is 8.19. The summed E-state index contributed by atoms with van der Waals surface area (Å²) in [5.74, 6) is 1.44. The number of aryl methyl sites for hydroxylation is 1. The van der Waals surface area contributed by atoms with Crippen molar-refractivity contribution in [2.45, 2.75) is 13.1 Å². The lowest BCUT2D eigenvalue weighted by Crippen LogP contribution is -2.38. The van der Waals surface area contributed by atoms with E-state index in [4.69, 9.17) is 4.42 Å². The first kappa shape index (κ1) is 20.0. The molecule has 0 amide bonds. The van der Waals surface area contributed by atoms with Crippen LogP contribution < -0.4 is 5.32 Å². The van der Waals surface area contributed by atoms with Crippen LogP contribution in [-0.4, -0.2) is 34.5 Å². The Bertz CT molecular complexity index is 841. The summed E-state index contributed by atoms with van der Waals surface area (Å²) in [6, 6.07) is 14.0. The molecule has 2 aromatic heterocycles. The number of oxazole rings is 1. The molecule has 0 aliphatic carbocycles. The van der Waals surface area contributed by atoms with Crippen molar-refractivity contribution in [1.82, 2.24) is 19.8 Å². The Hall–Kier alpha value is -2.29. The van der Waals surface area contributed by atoms with Crippen molar-refractivity contribution in [3.05, 3.63) is 66.3 Å². The van der Waals surface area contributed by atoms with E-state index in [1.54, 1.807) is 13.3 Å². The van der Waals surface area contributed by atoms with Gasteiger partial charge in [-0.15, -0.1) is 24.0 Å². The maximum Gasteiger partial charge on any atom is 0.226 e. The van der Waals surface area contributed by atoms with Gasteiger partial charge >= 0.3 is 0 Å². The molecule has 0 spiro atoms. The van der Waals surface area contributed by atoms with Gasteiger partial charge in [-0.3, -0.25) is 4.99 Å². The first-order valence-corrected chi connectivity index (χ1v) is 8.19. The van der Waals surface area contributed by atoms with Gasteiger partial charge in [0.25, 0.3) is 0 Å². The third kappa shape index (κ3) is 4.87. The fraction of sp³-hybridized carbons (Fsp3) is 0.263. The van der Waals surface area contributed by atoms with E-state index in [-0.39, 0.29) is 24.0 Å². The predicted octanol–water partition coefficient (Wildman–Crippen LogP) is 3.51. The van der Waals surface area contributed by atoms with Crippen LogP contribution in [0.4, 0.5) is 0 Å². The summed E-state index contributed by atoms with van der Waals surface area (Å²) in [5.41, 5.74) is 3.03. The Morgan fingerprint density at radius 3 is 2.65 bits per heavy atom. The maximum absolute atomic E-state index is 5.57. The Morgan fingerprint density at radius 1 is 1.23 bits per heavy atom. The van der Waals surface area contributed by atoms with Crippen LogP contribution in [0.15, 0.2) is 64.3 Å². The number of guanidine groups is 1. The largest absolute Gasteiger partial charge is 0.444 e. The molecule has 0 saturated carbocycles. The summed E-state index contributed by atoms with van der Waals surface area (Å²) in [7, 11) is 5.84. The summed E-state index contributed by atoms with van der Waals surface area (Å²) in [6.07, 6.45) is 3.72. The summed E-state index contributed by atoms with van der Waals surface area (Å²) < 4.78 is 7.67. The smallest absolute Gasteiger partial charge is 0.226 e. The van der Waals surface area contributed by atoms with Crippen LogP contribution in [0.25, 0.3) is 11.5 Å². The van der Waals surface area contributed by atoms with Crippen LogP contribution in [0.1, 0.15) is 11.4 Å². The van der Waals surface area contributed by atoms with Gasteiger partial charge in [-0.25, -0.2) is 4.98 Å². The molecule has 2 heterocycles. The molecule has 0 bridgehead atoms. The van der Waals surface area contributed by atoms with Gasteiger partial charge in [0, 0.05) is 38.6 Å². The Kier molecular flexibility index (Phi) is 7.26. The molecule has 7 heteroatoms. The molecule has 1 N–H and O–H groups in total. The molecule has 26 heavy (non-hydrogen) atoms. The monoisotopic (exact) mass is 465 g/mol. The van der Waals surface area contributed by atoms with Crippen molar-refractivity contribution < 1.29 is 4.42 Å². The second kappa shape index (κ2) is 9.42.